The third kappa shape index (κ3) is 5.40. The third-order valence-electron chi connectivity index (χ3n) is 7.74. The Balaban J connectivity index is 1.34. The van der Waals surface area contributed by atoms with Crippen molar-refractivity contribution >= 4 is 51.7 Å². The van der Waals surface area contributed by atoms with Crippen LogP contribution in [0.15, 0.2) is 72.8 Å². The summed E-state index contributed by atoms with van der Waals surface area (Å²) < 4.78 is 19.4. The number of rotatable bonds is 8. The first-order chi connectivity index (χ1) is 20.2. The molecule has 3 aromatic carbocycles. The number of aromatic nitrogens is 2. The van der Waals surface area contributed by atoms with Gasteiger partial charge in [-0.2, -0.15) is 0 Å². The van der Waals surface area contributed by atoms with Gasteiger partial charge in [-0.25, -0.2) is 14.2 Å². The number of carboxylic acids is 1. The van der Waals surface area contributed by atoms with E-state index in [2.05, 4.69) is 15.3 Å². The number of hydrogen-bond donors (Lipinski definition) is 3. The van der Waals surface area contributed by atoms with Gasteiger partial charge in [-0.1, -0.05) is 48.0 Å². The predicted molar refractivity (Wildman–Crippen MR) is 160 cm³/mol. The zero-order valence-corrected chi connectivity index (χ0v) is 23.9. The number of carbonyl (C=O) groups is 2. The second kappa shape index (κ2) is 11.3. The van der Waals surface area contributed by atoms with E-state index in [1.54, 1.807) is 42.5 Å². The second-order valence-corrected chi connectivity index (χ2v) is 11.4. The fourth-order valence-corrected chi connectivity index (χ4v) is 5.95. The van der Waals surface area contributed by atoms with Gasteiger partial charge in [0.2, 0.25) is 0 Å². The minimum Gasteiger partial charge on any atom is -0.494 e. The molecule has 2 aliphatic carbocycles. The van der Waals surface area contributed by atoms with E-state index in [9.17, 15) is 19.1 Å². The van der Waals surface area contributed by atoms with Gasteiger partial charge < -0.3 is 20.1 Å². The molecule has 0 aliphatic heterocycles. The summed E-state index contributed by atoms with van der Waals surface area (Å²) in [6.45, 7) is 0. The Morgan fingerprint density at radius 3 is 2.60 bits per heavy atom. The van der Waals surface area contributed by atoms with Crippen molar-refractivity contribution in [2.75, 3.05) is 7.11 Å². The number of halogens is 3. The number of allylic oxidation sites excluding steroid dienone is 4. The van der Waals surface area contributed by atoms with Gasteiger partial charge in [-0.05, 0) is 54.2 Å². The zero-order valence-electron chi connectivity index (χ0n) is 22.4. The van der Waals surface area contributed by atoms with Crippen LogP contribution in [0.2, 0.25) is 5.02 Å². The number of H-pyrrole nitrogens is 1. The number of carboxylic acid groups (broad SMARTS) is 1. The first kappa shape index (κ1) is 28.0. The van der Waals surface area contributed by atoms with Gasteiger partial charge in [0.05, 0.1) is 35.1 Å². The standard InChI is InChI=1S/C32H26Cl2FN3O4/c1-42-27-15-26-25(14-24(27)35)36-30(37-26)21-3-2-4-23(34)28(21)20-12-9-18(13-22(20)32(40)41)31(39)38-29(16-5-6-16)17-7-10-19(33)11-8-17/h2-4,7-16,23,28-29H,5-6H2,1H3,(H,36,37)(H,38,39)(H,40,41)/t23?,28-,29?/m1/s1. The molecule has 0 bridgehead atoms. The summed E-state index contributed by atoms with van der Waals surface area (Å²) >= 11 is 12.8. The highest BCUT2D eigenvalue weighted by molar-refractivity contribution is 6.30. The van der Waals surface area contributed by atoms with Crippen LogP contribution in [0, 0.1) is 11.7 Å². The van der Waals surface area contributed by atoms with Gasteiger partial charge in [0.15, 0.2) is 11.6 Å². The molecule has 214 valence electrons. The first-order valence-electron chi connectivity index (χ1n) is 13.4. The predicted octanol–water partition coefficient (Wildman–Crippen LogP) is 7.29. The quantitative estimate of drug-likeness (QED) is 0.183. The molecule has 10 heteroatoms. The number of hydrogen-bond acceptors (Lipinski definition) is 4. The zero-order chi connectivity index (χ0) is 29.5. The van der Waals surface area contributed by atoms with E-state index in [1.807, 2.05) is 12.1 Å². The van der Waals surface area contributed by atoms with E-state index in [0.717, 1.165) is 18.4 Å². The summed E-state index contributed by atoms with van der Waals surface area (Å²) in [5.41, 5.74) is 3.13. The van der Waals surface area contributed by atoms with Crippen molar-refractivity contribution in [2.24, 2.45) is 5.92 Å². The normalized spacial score (nSPS) is 18.9. The van der Waals surface area contributed by atoms with Gasteiger partial charge in [-0.3, -0.25) is 4.79 Å². The highest BCUT2D eigenvalue weighted by Gasteiger charge is 2.35. The van der Waals surface area contributed by atoms with Crippen molar-refractivity contribution in [1.82, 2.24) is 15.3 Å². The average Bonchev–Trinajstić information content (AvgIpc) is 3.74. The van der Waals surface area contributed by atoms with Crippen molar-refractivity contribution in [1.29, 1.82) is 0 Å². The Hall–Kier alpha value is -4.14. The minimum absolute atomic E-state index is 0.0437. The van der Waals surface area contributed by atoms with Crippen LogP contribution in [0.3, 0.4) is 0 Å². The summed E-state index contributed by atoms with van der Waals surface area (Å²) in [6.07, 6.45) is 7.33. The monoisotopic (exact) mass is 605 g/mol. The molecule has 1 saturated carbocycles. The highest BCUT2D eigenvalue weighted by atomic mass is 35.5. The Labute approximate surface area is 251 Å². The number of alkyl halides is 1. The van der Waals surface area contributed by atoms with Gasteiger partial charge >= 0.3 is 5.97 Å². The molecular formula is C32H26Cl2FN3O4. The van der Waals surface area contributed by atoms with Crippen LogP contribution in [0.1, 0.15) is 62.5 Å². The number of ether oxygens (including phenoxy) is 1. The molecule has 1 heterocycles. The molecule has 0 spiro atoms. The number of methoxy groups -OCH3 is 1. The van der Waals surface area contributed by atoms with Crippen LogP contribution < -0.4 is 10.1 Å². The maximum absolute atomic E-state index is 14.3. The molecule has 2 unspecified atom stereocenters. The fraction of sp³-hybridized carbons (Fsp3) is 0.219. The molecule has 0 radical (unpaired) electrons. The van der Waals surface area contributed by atoms with E-state index in [4.69, 9.17) is 27.9 Å². The van der Waals surface area contributed by atoms with Crippen LogP contribution in [0.5, 0.6) is 5.75 Å². The molecule has 3 atom stereocenters. The first-order valence-corrected chi connectivity index (χ1v) is 14.2. The number of carbonyl (C=O) groups excluding carboxylic acids is 1. The maximum Gasteiger partial charge on any atom is 0.336 e. The topological polar surface area (TPSA) is 104 Å². The van der Waals surface area contributed by atoms with Gasteiger partial charge in [0.1, 0.15) is 5.82 Å². The summed E-state index contributed by atoms with van der Waals surface area (Å²) in [6, 6.07) is 14.6. The second-order valence-electron chi connectivity index (χ2n) is 10.5. The molecule has 1 amide bonds. The maximum atomic E-state index is 14.3. The molecule has 6 rings (SSSR count). The van der Waals surface area contributed by atoms with E-state index < -0.39 is 23.1 Å². The van der Waals surface area contributed by atoms with Crippen LogP contribution in [-0.2, 0) is 0 Å². The fourth-order valence-electron chi connectivity index (χ4n) is 5.47. The molecule has 42 heavy (non-hydrogen) atoms. The van der Waals surface area contributed by atoms with Crippen molar-refractivity contribution in [3.05, 3.63) is 112 Å². The molecule has 1 aromatic heterocycles. The lowest BCUT2D eigenvalue weighted by molar-refractivity contribution is 0.0695. The highest BCUT2D eigenvalue weighted by Crippen LogP contribution is 2.43. The van der Waals surface area contributed by atoms with Crippen LogP contribution in [0.25, 0.3) is 16.6 Å². The lowest BCUT2D eigenvalue weighted by Gasteiger charge is -2.27. The smallest absolute Gasteiger partial charge is 0.336 e. The van der Waals surface area contributed by atoms with Gasteiger partial charge in [0.25, 0.3) is 5.91 Å². The lowest BCUT2D eigenvalue weighted by Crippen LogP contribution is -2.30. The van der Waals surface area contributed by atoms with Crippen molar-refractivity contribution < 1.29 is 23.8 Å². The number of nitrogens with one attached hydrogen (secondary N) is 2. The van der Waals surface area contributed by atoms with Gasteiger partial charge in [-0.15, -0.1) is 11.6 Å². The molecule has 1 fully saturated rings. The Morgan fingerprint density at radius 1 is 1.14 bits per heavy atom. The number of amides is 1. The summed E-state index contributed by atoms with van der Waals surface area (Å²) in [4.78, 5) is 33.7. The number of benzene rings is 3. The van der Waals surface area contributed by atoms with E-state index in [-0.39, 0.29) is 28.8 Å². The van der Waals surface area contributed by atoms with Crippen LogP contribution in [0.4, 0.5) is 4.39 Å². The SMILES string of the molecule is COc1cc2nc(C3=CC=CC(Cl)[C@@H]3c3ccc(C(=O)NC(c4ccc(Cl)cc4)C4CC4)cc3C(=O)O)[nH]c2cc1F. The van der Waals surface area contributed by atoms with E-state index in [1.165, 1.54) is 25.3 Å². The Kier molecular flexibility index (Phi) is 7.51. The van der Waals surface area contributed by atoms with Crippen LogP contribution >= 0.6 is 23.2 Å². The molecule has 4 aromatic rings. The van der Waals surface area contributed by atoms with E-state index >= 15 is 0 Å². The number of aromatic amines is 1. The summed E-state index contributed by atoms with van der Waals surface area (Å²) in [5, 5.41) is 13.3. The number of imidazole rings is 1. The Morgan fingerprint density at radius 2 is 1.90 bits per heavy atom. The largest absolute Gasteiger partial charge is 0.494 e. The lowest BCUT2D eigenvalue weighted by atomic mass is 9.81. The van der Waals surface area contributed by atoms with E-state index in [0.29, 0.717) is 38.9 Å². The summed E-state index contributed by atoms with van der Waals surface area (Å²) in [7, 11) is 1.38. The van der Waals surface area contributed by atoms with Gasteiger partial charge in [0, 0.05) is 34.2 Å². The Bertz CT molecular complexity index is 1760. The number of nitrogens with zero attached hydrogens (tertiary/aromatic N) is 1. The molecule has 0 saturated heterocycles. The molecule has 3 N–H and O–H groups in total. The number of fused-ring (bicyclic) bond motifs is 1. The molecule has 7 nitrogen and oxygen atoms in total. The average molecular weight is 606 g/mol. The van der Waals surface area contributed by atoms with Crippen molar-refractivity contribution in [3.63, 3.8) is 0 Å². The van der Waals surface area contributed by atoms with Crippen LogP contribution in [-0.4, -0.2) is 39.4 Å². The third-order valence-corrected chi connectivity index (χ3v) is 8.39. The summed E-state index contributed by atoms with van der Waals surface area (Å²) in [5.74, 6) is -1.91. The molecular weight excluding hydrogens is 580 g/mol. The van der Waals surface area contributed by atoms with Crippen molar-refractivity contribution in [3.8, 4) is 5.75 Å². The molecule has 2 aliphatic rings. The minimum atomic E-state index is -1.19. The number of aromatic carboxylic acids is 1. The van der Waals surface area contributed by atoms with Crippen molar-refractivity contribution in [2.45, 2.75) is 30.2 Å².